The van der Waals surface area contributed by atoms with Crippen molar-refractivity contribution in [3.63, 3.8) is 0 Å². The fraction of sp³-hybridized carbons (Fsp3) is 0.320. The lowest BCUT2D eigenvalue weighted by Gasteiger charge is -2.42. The number of thiophene rings is 1. The van der Waals surface area contributed by atoms with Crippen LogP contribution < -0.4 is 15.0 Å². The average molecular weight is 454 g/mol. The Hall–Kier alpha value is -2.90. The van der Waals surface area contributed by atoms with Crippen LogP contribution >= 0.6 is 11.3 Å². The van der Waals surface area contributed by atoms with E-state index in [0.29, 0.717) is 0 Å². The van der Waals surface area contributed by atoms with Crippen molar-refractivity contribution in [2.75, 3.05) is 38.2 Å². The fourth-order valence-corrected chi connectivity index (χ4v) is 5.23. The topological polar surface area (TPSA) is 44.8 Å². The first-order valence-electron chi connectivity index (χ1n) is 10.8. The molecule has 4 rings (SSSR count). The summed E-state index contributed by atoms with van der Waals surface area (Å²) in [5, 5.41) is 5.09. The van der Waals surface area contributed by atoms with Crippen LogP contribution in [0.1, 0.15) is 28.2 Å². The maximum atomic E-state index is 14.1. The van der Waals surface area contributed by atoms with Gasteiger partial charge in [0.2, 0.25) is 0 Å². The third-order valence-corrected chi connectivity index (χ3v) is 6.87. The second-order valence-corrected chi connectivity index (χ2v) is 8.90. The van der Waals surface area contributed by atoms with Gasteiger partial charge in [-0.3, -0.25) is 9.69 Å². The zero-order valence-corrected chi connectivity index (χ0v) is 19.1. The molecule has 1 fully saturated rings. The van der Waals surface area contributed by atoms with E-state index < -0.39 is 5.82 Å². The SMILES string of the molecule is COc1ccc(N2CCN(C(c3cccs3)C(C)NC(=O)c3ccccc3F)CC2)cc1. The molecule has 5 nitrogen and oxygen atoms in total. The van der Waals surface area contributed by atoms with Gasteiger partial charge in [-0.2, -0.15) is 0 Å². The molecular formula is C25H28FN3O2S. The zero-order valence-electron chi connectivity index (χ0n) is 18.3. The highest BCUT2D eigenvalue weighted by Crippen LogP contribution is 2.30. The number of anilines is 1. The quantitative estimate of drug-likeness (QED) is 0.569. The number of hydrogen-bond acceptors (Lipinski definition) is 5. The van der Waals surface area contributed by atoms with Crippen LogP contribution in [0.5, 0.6) is 5.75 Å². The van der Waals surface area contributed by atoms with Crippen molar-refractivity contribution in [1.82, 2.24) is 10.2 Å². The number of nitrogens with zero attached hydrogens (tertiary/aromatic N) is 2. The van der Waals surface area contributed by atoms with Gasteiger partial charge in [0.1, 0.15) is 11.6 Å². The average Bonchev–Trinajstić information content (AvgIpc) is 3.34. The van der Waals surface area contributed by atoms with Gasteiger partial charge < -0.3 is 15.0 Å². The number of methoxy groups -OCH3 is 1. The molecule has 1 amide bonds. The van der Waals surface area contributed by atoms with Gasteiger partial charge in [-0.25, -0.2) is 4.39 Å². The molecule has 1 N–H and O–H groups in total. The van der Waals surface area contributed by atoms with Crippen molar-refractivity contribution in [3.05, 3.63) is 82.3 Å². The maximum Gasteiger partial charge on any atom is 0.254 e. The first-order valence-corrected chi connectivity index (χ1v) is 11.7. The van der Waals surface area contributed by atoms with Crippen LogP contribution in [-0.2, 0) is 0 Å². The highest BCUT2D eigenvalue weighted by Gasteiger charge is 2.31. The highest BCUT2D eigenvalue weighted by atomic mass is 32.1. The number of carbonyl (C=O) groups is 1. The van der Waals surface area contributed by atoms with E-state index in [0.717, 1.165) is 31.9 Å². The predicted molar refractivity (Wildman–Crippen MR) is 127 cm³/mol. The Morgan fingerprint density at radius 2 is 1.75 bits per heavy atom. The molecule has 32 heavy (non-hydrogen) atoms. The summed E-state index contributed by atoms with van der Waals surface area (Å²) in [5.41, 5.74) is 1.26. The summed E-state index contributed by atoms with van der Waals surface area (Å²) in [6.07, 6.45) is 0. The number of piperazine rings is 1. The molecule has 1 aliphatic heterocycles. The summed E-state index contributed by atoms with van der Waals surface area (Å²) in [7, 11) is 1.67. The molecule has 1 saturated heterocycles. The van der Waals surface area contributed by atoms with E-state index in [1.165, 1.54) is 22.7 Å². The van der Waals surface area contributed by atoms with E-state index >= 15 is 0 Å². The van der Waals surface area contributed by atoms with E-state index in [9.17, 15) is 9.18 Å². The number of hydrogen-bond donors (Lipinski definition) is 1. The van der Waals surface area contributed by atoms with Crippen LogP contribution in [0, 0.1) is 5.82 Å². The van der Waals surface area contributed by atoms with Crippen LogP contribution in [-0.4, -0.2) is 50.1 Å². The van der Waals surface area contributed by atoms with Crippen LogP contribution in [0.15, 0.2) is 66.0 Å². The van der Waals surface area contributed by atoms with Crippen molar-refractivity contribution in [3.8, 4) is 5.75 Å². The van der Waals surface area contributed by atoms with Gasteiger partial charge in [-0.15, -0.1) is 11.3 Å². The molecule has 7 heteroatoms. The standard InChI is InChI=1S/C25H28FN3O2S/c1-18(27-25(30)21-6-3-4-7-22(21)26)24(23-8-5-17-32-23)29-15-13-28(14-16-29)19-9-11-20(31-2)12-10-19/h3-12,17-18,24H,13-16H2,1-2H3,(H,27,30). The number of ether oxygens (including phenoxy) is 1. The summed E-state index contributed by atoms with van der Waals surface area (Å²) >= 11 is 1.69. The summed E-state index contributed by atoms with van der Waals surface area (Å²) in [5.74, 6) is -0.0310. The molecule has 168 valence electrons. The first kappa shape index (κ1) is 22.3. The normalized spacial score (nSPS) is 16.4. The number of nitrogens with one attached hydrogen (secondary N) is 1. The minimum absolute atomic E-state index is 0.0312. The second kappa shape index (κ2) is 10.1. The Morgan fingerprint density at radius 3 is 2.38 bits per heavy atom. The van der Waals surface area contributed by atoms with Gasteiger partial charge in [-0.05, 0) is 54.8 Å². The third kappa shape index (κ3) is 4.95. The van der Waals surface area contributed by atoms with Gasteiger partial charge in [0.15, 0.2) is 0 Å². The lowest BCUT2D eigenvalue weighted by molar-refractivity contribution is 0.0886. The lowest BCUT2D eigenvalue weighted by atomic mass is 10.0. The fourth-order valence-electron chi connectivity index (χ4n) is 4.26. The summed E-state index contributed by atoms with van der Waals surface area (Å²) in [4.78, 5) is 18.7. The maximum absolute atomic E-state index is 14.1. The van der Waals surface area contributed by atoms with Crippen LogP contribution in [0.3, 0.4) is 0 Å². The zero-order chi connectivity index (χ0) is 22.5. The second-order valence-electron chi connectivity index (χ2n) is 7.92. The molecule has 3 aromatic rings. The molecule has 2 aromatic carbocycles. The highest BCUT2D eigenvalue weighted by molar-refractivity contribution is 7.10. The Morgan fingerprint density at radius 1 is 1.03 bits per heavy atom. The molecule has 1 aromatic heterocycles. The minimum atomic E-state index is -0.502. The van der Waals surface area contributed by atoms with E-state index in [1.54, 1.807) is 30.6 Å². The molecule has 2 unspecified atom stereocenters. The van der Waals surface area contributed by atoms with Gasteiger partial charge >= 0.3 is 0 Å². The monoisotopic (exact) mass is 453 g/mol. The summed E-state index contributed by atoms with van der Waals surface area (Å²) < 4.78 is 19.3. The van der Waals surface area contributed by atoms with Crippen molar-refractivity contribution >= 4 is 22.9 Å². The van der Waals surface area contributed by atoms with Crippen LogP contribution in [0.25, 0.3) is 0 Å². The Bertz CT molecular complexity index is 1020. The van der Waals surface area contributed by atoms with Crippen LogP contribution in [0.4, 0.5) is 10.1 Å². The third-order valence-electron chi connectivity index (χ3n) is 5.93. The van der Waals surface area contributed by atoms with Gasteiger partial charge in [0.05, 0.1) is 18.7 Å². The number of rotatable bonds is 7. The molecule has 2 heterocycles. The number of benzene rings is 2. The predicted octanol–water partition coefficient (Wildman–Crippen LogP) is 4.58. The van der Waals surface area contributed by atoms with E-state index in [4.69, 9.17) is 4.74 Å². The molecular weight excluding hydrogens is 425 g/mol. The molecule has 0 bridgehead atoms. The minimum Gasteiger partial charge on any atom is -0.497 e. The van der Waals surface area contributed by atoms with E-state index in [1.807, 2.05) is 25.1 Å². The van der Waals surface area contributed by atoms with Crippen molar-refractivity contribution in [1.29, 1.82) is 0 Å². The largest absolute Gasteiger partial charge is 0.497 e. The van der Waals surface area contributed by atoms with Gasteiger partial charge in [0.25, 0.3) is 5.91 Å². The molecule has 0 saturated carbocycles. The summed E-state index contributed by atoms with van der Waals surface area (Å²) in [6.45, 7) is 5.52. The van der Waals surface area contributed by atoms with E-state index in [-0.39, 0.29) is 23.6 Å². The van der Waals surface area contributed by atoms with E-state index in [2.05, 4.69) is 38.7 Å². The van der Waals surface area contributed by atoms with Crippen molar-refractivity contribution in [2.24, 2.45) is 0 Å². The van der Waals surface area contributed by atoms with Crippen molar-refractivity contribution in [2.45, 2.75) is 19.0 Å². The molecule has 0 radical (unpaired) electrons. The van der Waals surface area contributed by atoms with Gasteiger partial charge in [0, 0.05) is 42.8 Å². The summed E-state index contributed by atoms with van der Waals surface area (Å²) in [6, 6.07) is 18.2. The first-order chi connectivity index (χ1) is 15.6. The number of halogens is 1. The Kier molecular flexibility index (Phi) is 7.07. The number of amides is 1. The van der Waals surface area contributed by atoms with Crippen LogP contribution in [0.2, 0.25) is 0 Å². The lowest BCUT2D eigenvalue weighted by Crippen LogP contribution is -2.52. The smallest absolute Gasteiger partial charge is 0.254 e. The number of carbonyl (C=O) groups excluding carboxylic acids is 1. The molecule has 0 aliphatic carbocycles. The molecule has 0 spiro atoms. The Balaban J connectivity index is 1.45. The van der Waals surface area contributed by atoms with Crippen molar-refractivity contribution < 1.29 is 13.9 Å². The molecule has 1 aliphatic rings. The molecule has 2 atom stereocenters. The Labute approximate surface area is 192 Å². The van der Waals surface area contributed by atoms with Gasteiger partial charge in [-0.1, -0.05) is 18.2 Å².